The molecule has 4 nitrogen and oxygen atoms in total. The Morgan fingerprint density at radius 1 is 1.57 bits per heavy atom. The van der Waals surface area contributed by atoms with Gasteiger partial charge in [0.2, 0.25) is 0 Å². The highest BCUT2D eigenvalue weighted by Gasteiger charge is 2.24. The number of nitrogens with zero attached hydrogens (tertiary/aromatic N) is 1. The Hall–Kier alpha value is -0.610. The normalized spacial score (nSPS) is 22.1. The van der Waals surface area contributed by atoms with Crippen molar-refractivity contribution in [2.24, 2.45) is 11.7 Å². The van der Waals surface area contributed by atoms with Gasteiger partial charge in [0.05, 0.1) is 5.92 Å². The minimum atomic E-state index is -0.649. The number of rotatable bonds is 4. The van der Waals surface area contributed by atoms with Crippen LogP contribution in [0, 0.1) is 5.92 Å². The van der Waals surface area contributed by atoms with Gasteiger partial charge >= 0.3 is 5.97 Å². The summed E-state index contributed by atoms with van der Waals surface area (Å²) in [6.07, 6.45) is 2.52. The maximum absolute atomic E-state index is 10.7. The van der Waals surface area contributed by atoms with Crippen LogP contribution in [0.15, 0.2) is 0 Å². The van der Waals surface area contributed by atoms with Gasteiger partial charge in [0.1, 0.15) is 0 Å². The first-order valence-corrected chi connectivity index (χ1v) is 5.34. The number of hydrogen-bond donors (Lipinski definition) is 2. The first-order valence-electron chi connectivity index (χ1n) is 5.34. The highest BCUT2D eigenvalue weighted by molar-refractivity contribution is 5.70. The SMILES string of the molecule is CCC(N)CN1CCC(C(=O)O)CC1. The second kappa shape index (κ2) is 5.32. The molecular weight excluding hydrogens is 180 g/mol. The average Bonchev–Trinajstić information content (AvgIpc) is 2.18. The summed E-state index contributed by atoms with van der Waals surface area (Å²) < 4.78 is 0. The lowest BCUT2D eigenvalue weighted by Crippen LogP contribution is -2.42. The van der Waals surface area contributed by atoms with Crippen molar-refractivity contribution in [1.82, 2.24) is 4.90 Å². The number of hydrogen-bond acceptors (Lipinski definition) is 3. The summed E-state index contributed by atoms with van der Waals surface area (Å²) in [5, 5.41) is 8.81. The van der Waals surface area contributed by atoms with Gasteiger partial charge < -0.3 is 15.7 Å². The zero-order valence-corrected chi connectivity index (χ0v) is 8.78. The van der Waals surface area contributed by atoms with Crippen LogP contribution in [0.3, 0.4) is 0 Å². The van der Waals surface area contributed by atoms with E-state index in [1.165, 1.54) is 0 Å². The molecule has 82 valence electrons. The lowest BCUT2D eigenvalue weighted by molar-refractivity contribution is -0.143. The molecule has 1 unspecified atom stereocenters. The van der Waals surface area contributed by atoms with E-state index in [4.69, 9.17) is 10.8 Å². The summed E-state index contributed by atoms with van der Waals surface area (Å²) in [7, 11) is 0. The van der Waals surface area contributed by atoms with E-state index in [1.807, 2.05) is 0 Å². The monoisotopic (exact) mass is 200 g/mol. The van der Waals surface area contributed by atoms with Crippen molar-refractivity contribution in [3.05, 3.63) is 0 Å². The molecule has 0 spiro atoms. The topological polar surface area (TPSA) is 66.6 Å². The summed E-state index contributed by atoms with van der Waals surface area (Å²) in [5.74, 6) is -0.784. The maximum atomic E-state index is 10.7. The van der Waals surface area contributed by atoms with Crippen molar-refractivity contribution in [3.8, 4) is 0 Å². The number of carbonyl (C=O) groups is 1. The largest absolute Gasteiger partial charge is 0.481 e. The smallest absolute Gasteiger partial charge is 0.306 e. The van der Waals surface area contributed by atoms with Gasteiger partial charge in [-0.05, 0) is 32.4 Å². The zero-order valence-electron chi connectivity index (χ0n) is 8.78. The van der Waals surface area contributed by atoms with E-state index in [0.717, 1.165) is 38.9 Å². The lowest BCUT2D eigenvalue weighted by atomic mass is 9.97. The van der Waals surface area contributed by atoms with E-state index in [2.05, 4.69) is 11.8 Å². The molecule has 4 heteroatoms. The Kier molecular flexibility index (Phi) is 4.35. The quantitative estimate of drug-likeness (QED) is 0.694. The number of nitrogens with two attached hydrogens (primary N) is 1. The zero-order chi connectivity index (χ0) is 10.6. The van der Waals surface area contributed by atoms with Crippen molar-refractivity contribution in [1.29, 1.82) is 0 Å². The molecular formula is C10H20N2O2. The van der Waals surface area contributed by atoms with Crippen molar-refractivity contribution in [2.75, 3.05) is 19.6 Å². The molecule has 1 saturated heterocycles. The lowest BCUT2D eigenvalue weighted by Gasteiger charge is -2.31. The molecule has 1 atom stereocenters. The van der Waals surface area contributed by atoms with E-state index < -0.39 is 5.97 Å². The van der Waals surface area contributed by atoms with Crippen molar-refractivity contribution in [2.45, 2.75) is 32.2 Å². The van der Waals surface area contributed by atoms with Crippen LogP contribution >= 0.6 is 0 Å². The van der Waals surface area contributed by atoms with Crippen molar-refractivity contribution in [3.63, 3.8) is 0 Å². The third-order valence-electron chi connectivity index (χ3n) is 2.95. The maximum Gasteiger partial charge on any atom is 0.306 e. The summed E-state index contributed by atoms with van der Waals surface area (Å²) in [6.45, 7) is 4.74. The van der Waals surface area contributed by atoms with Crippen LogP contribution in [0.1, 0.15) is 26.2 Å². The second-order valence-electron chi connectivity index (χ2n) is 4.08. The molecule has 0 amide bonds. The third-order valence-corrected chi connectivity index (χ3v) is 2.95. The molecule has 0 saturated carbocycles. The predicted molar refractivity (Wildman–Crippen MR) is 55.1 cm³/mol. The molecule has 3 N–H and O–H groups in total. The Morgan fingerprint density at radius 3 is 2.57 bits per heavy atom. The number of likely N-dealkylation sites (tertiary alicyclic amines) is 1. The van der Waals surface area contributed by atoms with Crippen molar-refractivity contribution < 1.29 is 9.90 Å². The Labute approximate surface area is 85.1 Å². The fourth-order valence-electron chi connectivity index (χ4n) is 1.82. The van der Waals surface area contributed by atoms with Crippen LogP contribution in [0.25, 0.3) is 0 Å². The van der Waals surface area contributed by atoms with Crippen LogP contribution < -0.4 is 5.73 Å². The molecule has 0 aromatic rings. The first kappa shape index (κ1) is 11.5. The molecule has 0 aliphatic carbocycles. The minimum Gasteiger partial charge on any atom is -0.481 e. The summed E-state index contributed by atoms with van der Waals surface area (Å²) in [6, 6.07) is 0.233. The van der Waals surface area contributed by atoms with Crippen LogP contribution in [-0.4, -0.2) is 41.7 Å². The summed E-state index contributed by atoms with van der Waals surface area (Å²) in [5.41, 5.74) is 5.84. The fourth-order valence-corrected chi connectivity index (χ4v) is 1.82. The predicted octanol–water partition coefficient (Wildman–Crippen LogP) is 0.520. The molecule has 0 aromatic carbocycles. The van der Waals surface area contributed by atoms with Gasteiger partial charge in [-0.15, -0.1) is 0 Å². The van der Waals surface area contributed by atoms with E-state index in [0.29, 0.717) is 0 Å². The Morgan fingerprint density at radius 2 is 2.14 bits per heavy atom. The molecule has 1 aliphatic rings. The van der Waals surface area contributed by atoms with Crippen LogP contribution in [-0.2, 0) is 4.79 Å². The molecule has 1 aliphatic heterocycles. The first-order chi connectivity index (χ1) is 6.63. The third kappa shape index (κ3) is 3.27. The van der Waals surface area contributed by atoms with Crippen LogP contribution in [0.2, 0.25) is 0 Å². The van der Waals surface area contributed by atoms with Gasteiger partial charge in [-0.25, -0.2) is 0 Å². The average molecular weight is 200 g/mol. The number of piperidine rings is 1. The van der Waals surface area contributed by atoms with E-state index in [-0.39, 0.29) is 12.0 Å². The van der Waals surface area contributed by atoms with Crippen LogP contribution in [0.4, 0.5) is 0 Å². The summed E-state index contributed by atoms with van der Waals surface area (Å²) in [4.78, 5) is 13.0. The standard InChI is InChI=1S/C10H20N2O2/c1-2-9(11)7-12-5-3-8(4-6-12)10(13)14/h8-9H,2-7,11H2,1H3,(H,13,14). The highest BCUT2D eigenvalue weighted by Crippen LogP contribution is 2.17. The molecule has 14 heavy (non-hydrogen) atoms. The molecule has 0 radical (unpaired) electrons. The number of carboxylic acid groups (broad SMARTS) is 1. The van der Waals surface area contributed by atoms with Gasteiger partial charge in [0, 0.05) is 12.6 Å². The molecule has 1 rings (SSSR count). The fraction of sp³-hybridized carbons (Fsp3) is 0.900. The minimum absolute atomic E-state index is 0.135. The second-order valence-corrected chi connectivity index (χ2v) is 4.08. The van der Waals surface area contributed by atoms with Crippen molar-refractivity contribution >= 4 is 5.97 Å². The Balaban J connectivity index is 2.25. The van der Waals surface area contributed by atoms with Crippen LogP contribution in [0.5, 0.6) is 0 Å². The van der Waals surface area contributed by atoms with Gasteiger partial charge in [-0.1, -0.05) is 6.92 Å². The van der Waals surface area contributed by atoms with Gasteiger partial charge in [-0.2, -0.15) is 0 Å². The molecule has 0 bridgehead atoms. The number of aliphatic carboxylic acids is 1. The van der Waals surface area contributed by atoms with Gasteiger partial charge in [-0.3, -0.25) is 4.79 Å². The van der Waals surface area contributed by atoms with Gasteiger partial charge in [0.25, 0.3) is 0 Å². The Bertz CT molecular complexity index is 189. The highest BCUT2D eigenvalue weighted by atomic mass is 16.4. The van der Waals surface area contributed by atoms with E-state index >= 15 is 0 Å². The van der Waals surface area contributed by atoms with Gasteiger partial charge in [0.15, 0.2) is 0 Å². The van der Waals surface area contributed by atoms with E-state index in [9.17, 15) is 4.79 Å². The molecule has 1 fully saturated rings. The summed E-state index contributed by atoms with van der Waals surface area (Å²) >= 11 is 0. The number of carboxylic acids is 1. The molecule has 1 heterocycles. The van der Waals surface area contributed by atoms with E-state index in [1.54, 1.807) is 0 Å². The molecule has 0 aromatic heterocycles.